The molecule has 0 saturated heterocycles. The molecule has 1 aromatic rings. The molecule has 2 heteroatoms. The second kappa shape index (κ2) is 4.74. The Hall–Kier alpha value is -0.200. The zero-order valence-electron chi connectivity index (χ0n) is 7.11. The first-order valence-electron chi connectivity index (χ1n) is 4.18. The molecule has 12 heavy (non-hydrogen) atoms. The highest BCUT2D eigenvalue weighted by molar-refractivity contribution is 6.35. The standard InChI is InChI=1S/C10H12Cl2/c1-2-3-5-8-9(11)6-4-7-10(8)12/h4,6-7H,2-3,5H2,1H3. The van der Waals surface area contributed by atoms with Crippen LogP contribution in [0.5, 0.6) is 0 Å². The van der Waals surface area contributed by atoms with Crippen molar-refractivity contribution in [2.45, 2.75) is 26.2 Å². The van der Waals surface area contributed by atoms with Crippen LogP contribution in [0.25, 0.3) is 0 Å². The van der Waals surface area contributed by atoms with E-state index >= 15 is 0 Å². The molecule has 0 spiro atoms. The van der Waals surface area contributed by atoms with Gasteiger partial charge in [0.05, 0.1) is 0 Å². The minimum Gasteiger partial charge on any atom is -0.0840 e. The molecule has 0 N–H and O–H groups in total. The van der Waals surface area contributed by atoms with Crippen LogP contribution in [0.3, 0.4) is 0 Å². The largest absolute Gasteiger partial charge is 0.0840 e. The van der Waals surface area contributed by atoms with Crippen molar-refractivity contribution < 1.29 is 0 Å². The molecule has 1 aromatic carbocycles. The average Bonchev–Trinajstić information content (AvgIpc) is 2.04. The predicted molar refractivity (Wildman–Crippen MR) is 55.1 cm³/mol. The van der Waals surface area contributed by atoms with E-state index in [2.05, 4.69) is 6.92 Å². The van der Waals surface area contributed by atoms with Gasteiger partial charge in [0.1, 0.15) is 0 Å². The van der Waals surface area contributed by atoms with Crippen molar-refractivity contribution in [1.82, 2.24) is 0 Å². The summed E-state index contributed by atoms with van der Waals surface area (Å²) in [5.41, 5.74) is 1.09. The minimum atomic E-state index is 0.788. The first-order valence-corrected chi connectivity index (χ1v) is 4.94. The highest BCUT2D eigenvalue weighted by Gasteiger charge is 2.03. The van der Waals surface area contributed by atoms with Gasteiger partial charge in [-0.25, -0.2) is 0 Å². The zero-order chi connectivity index (χ0) is 8.97. The Bertz CT molecular complexity index is 236. The molecular weight excluding hydrogens is 191 g/mol. The summed E-state index contributed by atoms with van der Waals surface area (Å²) in [6, 6.07) is 5.65. The van der Waals surface area contributed by atoms with Gasteiger partial charge in [0.25, 0.3) is 0 Å². The van der Waals surface area contributed by atoms with E-state index in [9.17, 15) is 0 Å². The van der Waals surface area contributed by atoms with Gasteiger partial charge < -0.3 is 0 Å². The number of rotatable bonds is 3. The summed E-state index contributed by atoms with van der Waals surface area (Å²) in [5.74, 6) is 0. The summed E-state index contributed by atoms with van der Waals surface area (Å²) >= 11 is 12.0. The predicted octanol–water partition coefficient (Wildman–Crippen LogP) is 4.34. The minimum absolute atomic E-state index is 0.788. The molecule has 1 rings (SSSR count). The Morgan fingerprint density at radius 2 is 1.75 bits per heavy atom. The topological polar surface area (TPSA) is 0 Å². The van der Waals surface area contributed by atoms with Gasteiger partial charge in [0, 0.05) is 10.0 Å². The van der Waals surface area contributed by atoms with Crippen molar-refractivity contribution in [2.24, 2.45) is 0 Å². The van der Waals surface area contributed by atoms with E-state index in [0.29, 0.717) is 0 Å². The Morgan fingerprint density at radius 3 is 2.25 bits per heavy atom. The first kappa shape index (κ1) is 9.88. The SMILES string of the molecule is CCCCc1c(Cl)cccc1Cl. The molecule has 0 aliphatic heterocycles. The van der Waals surface area contributed by atoms with E-state index in [-0.39, 0.29) is 0 Å². The molecule has 0 aliphatic rings. The van der Waals surface area contributed by atoms with Crippen LogP contribution in [-0.4, -0.2) is 0 Å². The Balaban J connectivity index is 2.81. The van der Waals surface area contributed by atoms with Crippen molar-refractivity contribution in [3.63, 3.8) is 0 Å². The summed E-state index contributed by atoms with van der Waals surface area (Å²) in [7, 11) is 0. The fraction of sp³-hybridized carbons (Fsp3) is 0.400. The molecule has 0 unspecified atom stereocenters. The molecule has 0 saturated carbocycles. The highest BCUT2D eigenvalue weighted by Crippen LogP contribution is 2.25. The van der Waals surface area contributed by atoms with Crippen LogP contribution in [-0.2, 0) is 6.42 Å². The lowest BCUT2D eigenvalue weighted by Crippen LogP contribution is -1.87. The van der Waals surface area contributed by atoms with Gasteiger partial charge in [-0.05, 0) is 30.5 Å². The molecule has 0 aliphatic carbocycles. The van der Waals surface area contributed by atoms with Crippen molar-refractivity contribution in [2.75, 3.05) is 0 Å². The summed E-state index contributed by atoms with van der Waals surface area (Å²) in [5, 5.41) is 1.58. The van der Waals surface area contributed by atoms with Gasteiger partial charge in [-0.2, -0.15) is 0 Å². The lowest BCUT2D eigenvalue weighted by Gasteiger charge is -2.04. The number of hydrogen-bond donors (Lipinski definition) is 0. The lowest BCUT2D eigenvalue weighted by molar-refractivity contribution is 0.795. The van der Waals surface area contributed by atoms with E-state index in [1.165, 1.54) is 6.42 Å². The summed E-state index contributed by atoms with van der Waals surface area (Å²) in [6.45, 7) is 2.16. The van der Waals surface area contributed by atoms with E-state index < -0.39 is 0 Å². The normalized spacial score (nSPS) is 10.2. The molecule has 0 amide bonds. The van der Waals surface area contributed by atoms with Crippen molar-refractivity contribution >= 4 is 23.2 Å². The van der Waals surface area contributed by atoms with E-state index in [4.69, 9.17) is 23.2 Å². The molecule has 0 aromatic heterocycles. The van der Waals surface area contributed by atoms with Gasteiger partial charge >= 0.3 is 0 Å². The van der Waals surface area contributed by atoms with Crippen LogP contribution in [0.2, 0.25) is 10.0 Å². The number of halogens is 2. The summed E-state index contributed by atoms with van der Waals surface area (Å²) < 4.78 is 0. The fourth-order valence-corrected chi connectivity index (χ4v) is 1.71. The van der Waals surface area contributed by atoms with Gasteiger partial charge in [-0.15, -0.1) is 0 Å². The molecule has 66 valence electrons. The number of unbranched alkanes of at least 4 members (excludes halogenated alkanes) is 1. The Morgan fingerprint density at radius 1 is 1.17 bits per heavy atom. The molecule has 0 bridgehead atoms. The second-order valence-electron chi connectivity index (χ2n) is 2.80. The fourth-order valence-electron chi connectivity index (χ4n) is 1.12. The van der Waals surface area contributed by atoms with Crippen LogP contribution in [0, 0.1) is 0 Å². The van der Waals surface area contributed by atoms with Gasteiger partial charge in [-0.1, -0.05) is 42.6 Å². The highest BCUT2D eigenvalue weighted by atomic mass is 35.5. The lowest BCUT2D eigenvalue weighted by atomic mass is 10.1. The third-order valence-corrected chi connectivity index (χ3v) is 2.55. The van der Waals surface area contributed by atoms with Crippen LogP contribution >= 0.6 is 23.2 Å². The maximum Gasteiger partial charge on any atom is 0.0452 e. The van der Waals surface area contributed by atoms with Crippen molar-refractivity contribution in [3.05, 3.63) is 33.8 Å². The monoisotopic (exact) mass is 202 g/mol. The molecule has 0 fully saturated rings. The summed E-state index contributed by atoms with van der Waals surface area (Å²) in [4.78, 5) is 0. The molecular formula is C10H12Cl2. The number of hydrogen-bond acceptors (Lipinski definition) is 0. The molecule has 0 nitrogen and oxygen atoms in total. The number of benzene rings is 1. The van der Waals surface area contributed by atoms with Gasteiger partial charge in [0.2, 0.25) is 0 Å². The van der Waals surface area contributed by atoms with Crippen molar-refractivity contribution in [1.29, 1.82) is 0 Å². The van der Waals surface area contributed by atoms with E-state index in [1.54, 1.807) is 0 Å². The van der Waals surface area contributed by atoms with Gasteiger partial charge in [0.15, 0.2) is 0 Å². The Kier molecular flexibility index (Phi) is 3.90. The maximum atomic E-state index is 5.98. The third kappa shape index (κ3) is 2.40. The quantitative estimate of drug-likeness (QED) is 0.685. The summed E-state index contributed by atoms with van der Waals surface area (Å²) in [6.07, 6.45) is 3.29. The third-order valence-electron chi connectivity index (χ3n) is 1.84. The first-order chi connectivity index (χ1) is 5.75. The maximum absolute atomic E-state index is 5.98. The van der Waals surface area contributed by atoms with Crippen molar-refractivity contribution in [3.8, 4) is 0 Å². The Labute approximate surface area is 83.5 Å². The van der Waals surface area contributed by atoms with E-state index in [1.807, 2.05) is 18.2 Å². The van der Waals surface area contributed by atoms with Crippen LogP contribution < -0.4 is 0 Å². The zero-order valence-corrected chi connectivity index (χ0v) is 8.62. The molecule has 0 atom stereocenters. The van der Waals surface area contributed by atoms with E-state index in [0.717, 1.165) is 28.5 Å². The average molecular weight is 203 g/mol. The second-order valence-corrected chi connectivity index (χ2v) is 3.62. The smallest absolute Gasteiger partial charge is 0.0452 e. The van der Waals surface area contributed by atoms with Crippen LogP contribution in [0.1, 0.15) is 25.3 Å². The van der Waals surface area contributed by atoms with Crippen LogP contribution in [0.15, 0.2) is 18.2 Å². The molecule has 0 radical (unpaired) electrons. The molecule has 0 heterocycles. The van der Waals surface area contributed by atoms with Crippen LogP contribution in [0.4, 0.5) is 0 Å². The van der Waals surface area contributed by atoms with Gasteiger partial charge in [-0.3, -0.25) is 0 Å².